The van der Waals surface area contributed by atoms with Crippen LogP contribution in [0, 0.1) is 11.6 Å². The van der Waals surface area contributed by atoms with E-state index in [1.54, 1.807) is 12.1 Å². The first kappa shape index (κ1) is 14.8. The predicted molar refractivity (Wildman–Crippen MR) is 77.1 cm³/mol. The number of allylic oxidation sites excluding steroid dienone is 1. The van der Waals surface area contributed by atoms with E-state index in [0.717, 1.165) is 0 Å². The molecular weight excluding hydrogens is 302 g/mol. The van der Waals surface area contributed by atoms with Crippen LogP contribution in [0.4, 0.5) is 8.78 Å². The second-order valence-corrected chi connectivity index (χ2v) is 5.23. The molecule has 0 N–H and O–H groups in total. The first-order valence-corrected chi connectivity index (χ1v) is 6.91. The number of thioether (sulfide) groups is 1. The molecule has 2 aromatic rings. The number of ketones is 1. The number of hydrogen-bond acceptors (Lipinski definition) is 2. The molecule has 0 aromatic heterocycles. The molecule has 0 fully saturated rings. The molecule has 0 saturated heterocycles. The van der Waals surface area contributed by atoms with Crippen LogP contribution in [0.3, 0.4) is 0 Å². The van der Waals surface area contributed by atoms with Crippen molar-refractivity contribution in [2.75, 3.05) is 0 Å². The van der Waals surface area contributed by atoms with E-state index < -0.39 is 17.4 Å². The monoisotopic (exact) mass is 310 g/mol. The van der Waals surface area contributed by atoms with Crippen LogP contribution in [0.25, 0.3) is 0 Å². The number of carbonyl (C=O) groups excluding carboxylic acids is 1. The van der Waals surface area contributed by atoms with Gasteiger partial charge in [0.25, 0.3) is 0 Å². The van der Waals surface area contributed by atoms with Gasteiger partial charge in [-0.1, -0.05) is 35.5 Å². The normalized spacial score (nSPS) is 10.9. The lowest BCUT2D eigenvalue weighted by molar-refractivity contribution is 0.104. The average molecular weight is 311 g/mol. The molecule has 0 amide bonds. The standard InChI is InChI=1S/C15H9ClF2OS/c16-12-9-10(5-6-14(12)18)20-8-7-15(19)11-3-1-2-4-13(11)17/h1-9H. The van der Waals surface area contributed by atoms with Gasteiger partial charge in [-0.05, 0) is 41.8 Å². The van der Waals surface area contributed by atoms with Gasteiger partial charge in [-0.3, -0.25) is 4.79 Å². The Balaban J connectivity index is 2.05. The van der Waals surface area contributed by atoms with E-state index in [1.165, 1.54) is 53.6 Å². The fourth-order valence-corrected chi connectivity index (χ4v) is 2.40. The topological polar surface area (TPSA) is 17.1 Å². The molecule has 1 nitrogen and oxygen atoms in total. The van der Waals surface area contributed by atoms with Crippen molar-refractivity contribution in [3.8, 4) is 0 Å². The minimum absolute atomic E-state index is 0.0153. The Labute approximate surface area is 124 Å². The van der Waals surface area contributed by atoms with Crippen LogP contribution in [-0.2, 0) is 0 Å². The van der Waals surface area contributed by atoms with Crippen LogP contribution >= 0.6 is 23.4 Å². The molecule has 0 aliphatic carbocycles. The largest absolute Gasteiger partial charge is 0.289 e. The van der Waals surface area contributed by atoms with Gasteiger partial charge < -0.3 is 0 Å². The van der Waals surface area contributed by atoms with E-state index in [1.807, 2.05) is 0 Å². The highest BCUT2D eigenvalue weighted by atomic mass is 35.5. The molecule has 102 valence electrons. The molecular formula is C15H9ClF2OS. The van der Waals surface area contributed by atoms with Crippen molar-refractivity contribution in [2.24, 2.45) is 0 Å². The third-order valence-electron chi connectivity index (χ3n) is 2.45. The summed E-state index contributed by atoms with van der Waals surface area (Å²) in [5, 5.41) is 1.53. The Morgan fingerprint density at radius 2 is 1.85 bits per heavy atom. The van der Waals surface area contributed by atoms with E-state index in [-0.39, 0.29) is 10.6 Å². The Hall–Kier alpha value is -1.65. The zero-order valence-corrected chi connectivity index (χ0v) is 11.7. The molecule has 20 heavy (non-hydrogen) atoms. The van der Waals surface area contributed by atoms with Crippen molar-refractivity contribution < 1.29 is 13.6 Å². The molecule has 0 aliphatic rings. The summed E-state index contributed by atoms with van der Waals surface area (Å²) < 4.78 is 26.3. The van der Waals surface area contributed by atoms with Crippen LogP contribution in [0.1, 0.15) is 10.4 Å². The highest BCUT2D eigenvalue weighted by Crippen LogP contribution is 2.25. The van der Waals surface area contributed by atoms with Crippen molar-refractivity contribution in [1.29, 1.82) is 0 Å². The second kappa shape index (κ2) is 6.68. The maximum absolute atomic E-state index is 13.4. The molecule has 0 spiro atoms. The van der Waals surface area contributed by atoms with Crippen molar-refractivity contribution in [3.63, 3.8) is 0 Å². The summed E-state index contributed by atoms with van der Waals surface area (Å²) in [4.78, 5) is 12.4. The summed E-state index contributed by atoms with van der Waals surface area (Å²) in [5.41, 5.74) is 0.0153. The molecule has 0 aliphatic heterocycles. The fourth-order valence-electron chi connectivity index (χ4n) is 1.48. The number of hydrogen-bond donors (Lipinski definition) is 0. The summed E-state index contributed by atoms with van der Waals surface area (Å²) >= 11 is 6.84. The lowest BCUT2D eigenvalue weighted by Crippen LogP contribution is -1.97. The van der Waals surface area contributed by atoms with Gasteiger partial charge in [-0.2, -0.15) is 0 Å². The van der Waals surface area contributed by atoms with Gasteiger partial charge >= 0.3 is 0 Å². The van der Waals surface area contributed by atoms with Gasteiger partial charge in [0.1, 0.15) is 11.6 Å². The van der Waals surface area contributed by atoms with Crippen molar-refractivity contribution in [1.82, 2.24) is 0 Å². The van der Waals surface area contributed by atoms with Gasteiger partial charge in [-0.25, -0.2) is 8.78 Å². The molecule has 0 bridgehead atoms. The minimum atomic E-state index is -0.558. The minimum Gasteiger partial charge on any atom is -0.289 e. The van der Waals surface area contributed by atoms with Crippen molar-refractivity contribution in [3.05, 3.63) is 76.2 Å². The molecule has 2 aromatic carbocycles. The lowest BCUT2D eigenvalue weighted by Gasteiger charge is -1.99. The summed E-state index contributed by atoms with van der Waals surface area (Å²) in [6, 6.07) is 10.0. The van der Waals surface area contributed by atoms with E-state index in [0.29, 0.717) is 4.90 Å². The first-order valence-electron chi connectivity index (χ1n) is 5.65. The van der Waals surface area contributed by atoms with Gasteiger partial charge in [0, 0.05) is 4.90 Å². The number of rotatable bonds is 4. The summed E-state index contributed by atoms with van der Waals surface area (Å²) in [5.74, 6) is -1.48. The second-order valence-electron chi connectivity index (χ2n) is 3.84. The highest BCUT2D eigenvalue weighted by Gasteiger charge is 2.07. The van der Waals surface area contributed by atoms with Crippen LogP contribution in [0.15, 0.2) is 58.8 Å². The van der Waals surface area contributed by atoms with E-state index in [4.69, 9.17) is 11.6 Å². The maximum Gasteiger partial charge on any atom is 0.189 e. The van der Waals surface area contributed by atoms with Crippen LogP contribution in [0.5, 0.6) is 0 Å². The zero-order valence-electron chi connectivity index (χ0n) is 10.1. The molecule has 0 radical (unpaired) electrons. The van der Waals surface area contributed by atoms with Gasteiger partial charge in [-0.15, -0.1) is 0 Å². The molecule has 2 rings (SSSR count). The van der Waals surface area contributed by atoms with Crippen molar-refractivity contribution >= 4 is 29.1 Å². The van der Waals surface area contributed by atoms with Crippen molar-refractivity contribution in [2.45, 2.75) is 4.90 Å². The Morgan fingerprint density at radius 3 is 2.55 bits per heavy atom. The Morgan fingerprint density at radius 1 is 1.10 bits per heavy atom. The molecule has 0 heterocycles. The first-order chi connectivity index (χ1) is 9.58. The molecule has 0 atom stereocenters. The van der Waals surface area contributed by atoms with Crippen LogP contribution in [-0.4, -0.2) is 5.78 Å². The third-order valence-corrected chi connectivity index (χ3v) is 3.54. The van der Waals surface area contributed by atoms with Gasteiger partial charge in [0.2, 0.25) is 0 Å². The quantitative estimate of drug-likeness (QED) is 0.443. The third kappa shape index (κ3) is 3.68. The molecule has 0 unspecified atom stereocenters. The zero-order chi connectivity index (χ0) is 14.5. The van der Waals surface area contributed by atoms with E-state index in [9.17, 15) is 13.6 Å². The summed E-state index contributed by atoms with van der Waals surface area (Å²) in [6.45, 7) is 0. The fraction of sp³-hybridized carbons (Fsp3) is 0. The number of halogens is 3. The highest BCUT2D eigenvalue weighted by molar-refractivity contribution is 8.02. The summed E-state index contributed by atoms with van der Waals surface area (Å²) in [7, 11) is 0. The molecule has 0 saturated carbocycles. The summed E-state index contributed by atoms with van der Waals surface area (Å²) in [6.07, 6.45) is 1.26. The van der Waals surface area contributed by atoms with E-state index >= 15 is 0 Å². The predicted octanol–water partition coefficient (Wildman–Crippen LogP) is 5.11. The smallest absolute Gasteiger partial charge is 0.189 e. The Bertz CT molecular complexity index is 671. The Kier molecular flexibility index (Phi) is 4.93. The number of carbonyl (C=O) groups is 1. The molecule has 5 heteroatoms. The SMILES string of the molecule is O=C(C=CSc1ccc(F)c(Cl)c1)c1ccccc1F. The van der Waals surface area contributed by atoms with Crippen LogP contribution < -0.4 is 0 Å². The van der Waals surface area contributed by atoms with Gasteiger partial charge in [0.05, 0.1) is 10.6 Å². The number of benzene rings is 2. The van der Waals surface area contributed by atoms with Crippen LogP contribution in [0.2, 0.25) is 5.02 Å². The maximum atomic E-state index is 13.4. The van der Waals surface area contributed by atoms with E-state index in [2.05, 4.69) is 0 Å². The lowest BCUT2D eigenvalue weighted by atomic mass is 10.1. The van der Waals surface area contributed by atoms with Gasteiger partial charge in [0.15, 0.2) is 5.78 Å². The average Bonchev–Trinajstić information content (AvgIpc) is 2.43.